The van der Waals surface area contributed by atoms with Crippen LogP contribution < -0.4 is 4.74 Å². The lowest BCUT2D eigenvalue weighted by molar-refractivity contribution is 0.00603. The van der Waals surface area contributed by atoms with Crippen LogP contribution in [-0.4, -0.2) is 21.1 Å². The smallest absolute Gasteiger partial charge is 0.359 e. The minimum absolute atomic E-state index is 0.144. The monoisotopic (exact) mass is 290 g/mol. The number of halogens is 1. The van der Waals surface area contributed by atoms with Crippen molar-refractivity contribution in [3.8, 4) is 11.4 Å². The van der Waals surface area contributed by atoms with Gasteiger partial charge in [-0.05, 0) is 32.9 Å². The summed E-state index contributed by atoms with van der Waals surface area (Å²) in [6.45, 7) is 5.52. The van der Waals surface area contributed by atoms with Gasteiger partial charge >= 0.3 is 5.97 Å². The van der Waals surface area contributed by atoms with Crippen LogP contribution in [0.15, 0.2) is 24.5 Å². The molecule has 0 fully saturated rings. The van der Waals surface area contributed by atoms with Gasteiger partial charge in [-0.1, -0.05) is 0 Å². The van der Waals surface area contributed by atoms with Crippen LogP contribution in [0.2, 0.25) is 0 Å². The average molecular weight is 290 g/mol. The van der Waals surface area contributed by atoms with Crippen LogP contribution in [0, 0.1) is 5.82 Å². The second-order valence-corrected chi connectivity index (χ2v) is 5.81. The Labute approximate surface area is 121 Å². The summed E-state index contributed by atoms with van der Waals surface area (Å²) in [4.78, 5) is 16.3. The summed E-state index contributed by atoms with van der Waals surface area (Å²) in [6, 6.07) is 4.24. The van der Waals surface area contributed by atoms with E-state index in [1.165, 1.54) is 18.5 Å². The minimum Gasteiger partial charge on any atom is -0.485 e. The first-order valence-corrected chi connectivity index (χ1v) is 6.57. The summed E-state index contributed by atoms with van der Waals surface area (Å²) < 4.78 is 25.8. The van der Waals surface area contributed by atoms with Crippen molar-refractivity contribution in [1.82, 2.24) is 9.55 Å². The number of nitrogens with zero attached hydrogens (tertiary/aromatic N) is 2. The van der Waals surface area contributed by atoms with Crippen molar-refractivity contribution in [2.24, 2.45) is 0 Å². The molecule has 0 N–H and O–H groups in total. The maximum absolute atomic E-state index is 13.2. The Balaban J connectivity index is 2.00. The second kappa shape index (κ2) is 4.58. The quantitative estimate of drug-likeness (QED) is 0.758. The van der Waals surface area contributed by atoms with E-state index in [4.69, 9.17) is 9.47 Å². The molecule has 0 amide bonds. The van der Waals surface area contributed by atoms with Gasteiger partial charge in [-0.3, -0.25) is 4.57 Å². The summed E-state index contributed by atoms with van der Waals surface area (Å²) >= 11 is 0. The van der Waals surface area contributed by atoms with Gasteiger partial charge in [-0.25, -0.2) is 14.2 Å². The number of aromatic nitrogens is 2. The molecule has 1 aromatic carbocycles. The highest BCUT2D eigenvalue weighted by molar-refractivity contribution is 5.89. The molecule has 3 rings (SSSR count). The Hall–Kier alpha value is -2.37. The molecule has 5 nitrogen and oxygen atoms in total. The Kier molecular flexibility index (Phi) is 2.97. The van der Waals surface area contributed by atoms with Gasteiger partial charge in [0.25, 0.3) is 0 Å². The third-order valence-corrected chi connectivity index (χ3v) is 3.00. The zero-order valence-corrected chi connectivity index (χ0v) is 12.0. The van der Waals surface area contributed by atoms with Crippen molar-refractivity contribution in [3.05, 3.63) is 41.7 Å². The summed E-state index contributed by atoms with van der Waals surface area (Å²) in [7, 11) is 0. The maximum atomic E-state index is 13.2. The van der Waals surface area contributed by atoms with E-state index in [9.17, 15) is 9.18 Å². The van der Waals surface area contributed by atoms with Gasteiger partial charge in [0, 0.05) is 6.07 Å². The molecule has 1 aliphatic rings. The number of hydrogen-bond donors (Lipinski definition) is 0. The number of imidazole rings is 1. The zero-order valence-electron chi connectivity index (χ0n) is 12.0. The molecule has 0 aliphatic carbocycles. The predicted octanol–water partition coefficient (Wildman–Crippen LogP) is 2.86. The van der Waals surface area contributed by atoms with Crippen molar-refractivity contribution in [1.29, 1.82) is 0 Å². The molecule has 21 heavy (non-hydrogen) atoms. The lowest BCUT2D eigenvalue weighted by atomic mass is 10.2. The number of carbonyl (C=O) groups excluding carboxylic acids is 1. The molecule has 1 aliphatic heterocycles. The Morgan fingerprint density at radius 1 is 1.43 bits per heavy atom. The van der Waals surface area contributed by atoms with E-state index >= 15 is 0 Å². The molecule has 0 radical (unpaired) electrons. The normalized spacial score (nSPS) is 13.1. The average Bonchev–Trinajstić information content (AvgIpc) is 2.80. The molecule has 2 heterocycles. The van der Waals surface area contributed by atoms with Crippen LogP contribution in [-0.2, 0) is 11.3 Å². The van der Waals surface area contributed by atoms with E-state index in [0.717, 1.165) is 0 Å². The van der Waals surface area contributed by atoms with Gasteiger partial charge < -0.3 is 9.47 Å². The van der Waals surface area contributed by atoms with E-state index in [1.807, 2.05) is 0 Å². The van der Waals surface area contributed by atoms with Gasteiger partial charge in [0.15, 0.2) is 5.69 Å². The van der Waals surface area contributed by atoms with E-state index in [-0.39, 0.29) is 18.1 Å². The SMILES string of the molecule is CC(C)(C)OC(=O)c1ncn2c1COc1cc(F)ccc1-2. The van der Waals surface area contributed by atoms with Crippen LogP contribution in [0.25, 0.3) is 5.69 Å². The lowest BCUT2D eigenvalue weighted by Gasteiger charge is -2.22. The Morgan fingerprint density at radius 2 is 2.19 bits per heavy atom. The summed E-state index contributed by atoms with van der Waals surface area (Å²) in [5, 5.41) is 0. The fourth-order valence-electron chi connectivity index (χ4n) is 2.16. The fourth-order valence-corrected chi connectivity index (χ4v) is 2.16. The third kappa shape index (κ3) is 2.49. The number of ether oxygens (including phenoxy) is 2. The summed E-state index contributed by atoms with van der Waals surface area (Å²) in [6.07, 6.45) is 1.52. The van der Waals surface area contributed by atoms with E-state index in [2.05, 4.69) is 4.98 Å². The van der Waals surface area contributed by atoms with E-state index in [0.29, 0.717) is 17.1 Å². The second-order valence-electron chi connectivity index (χ2n) is 5.81. The van der Waals surface area contributed by atoms with Crippen LogP contribution >= 0.6 is 0 Å². The Bertz CT molecular complexity index is 716. The van der Waals surface area contributed by atoms with Crippen molar-refractivity contribution in [2.45, 2.75) is 33.0 Å². The van der Waals surface area contributed by atoms with Gasteiger partial charge in [0.05, 0.1) is 11.4 Å². The van der Waals surface area contributed by atoms with Crippen molar-refractivity contribution in [2.75, 3.05) is 0 Å². The molecule has 6 heteroatoms. The highest BCUT2D eigenvalue weighted by atomic mass is 19.1. The molecule has 0 saturated carbocycles. The molecule has 0 spiro atoms. The lowest BCUT2D eigenvalue weighted by Crippen LogP contribution is -2.25. The minimum atomic E-state index is -0.593. The van der Waals surface area contributed by atoms with Crippen molar-refractivity contribution >= 4 is 5.97 Å². The fraction of sp³-hybridized carbons (Fsp3) is 0.333. The van der Waals surface area contributed by atoms with Gasteiger partial charge in [-0.15, -0.1) is 0 Å². The van der Waals surface area contributed by atoms with Crippen LogP contribution in [0.5, 0.6) is 5.75 Å². The number of carbonyl (C=O) groups is 1. The number of hydrogen-bond acceptors (Lipinski definition) is 4. The molecule has 2 aromatic rings. The van der Waals surface area contributed by atoms with E-state index in [1.54, 1.807) is 31.4 Å². The summed E-state index contributed by atoms with van der Waals surface area (Å²) in [5.74, 6) is -0.439. The Morgan fingerprint density at radius 3 is 2.90 bits per heavy atom. The third-order valence-electron chi connectivity index (χ3n) is 3.00. The van der Waals surface area contributed by atoms with Crippen molar-refractivity contribution < 1.29 is 18.7 Å². The van der Waals surface area contributed by atoms with Gasteiger partial charge in [-0.2, -0.15) is 0 Å². The molecular formula is C15H15FN2O3. The topological polar surface area (TPSA) is 53.3 Å². The largest absolute Gasteiger partial charge is 0.485 e. The molecule has 0 bridgehead atoms. The standard InChI is InChI=1S/C15H15FN2O3/c1-15(2,3)21-14(19)13-11-7-20-12-6-9(16)4-5-10(12)18(11)8-17-13/h4-6,8H,7H2,1-3H3. The molecule has 110 valence electrons. The van der Waals surface area contributed by atoms with E-state index < -0.39 is 11.6 Å². The zero-order chi connectivity index (χ0) is 15.2. The highest BCUT2D eigenvalue weighted by Gasteiger charge is 2.28. The highest BCUT2D eigenvalue weighted by Crippen LogP contribution is 2.31. The molecule has 0 unspecified atom stereocenters. The number of benzene rings is 1. The predicted molar refractivity (Wildman–Crippen MR) is 73.0 cm³/mol. The van der Waals surface area contributed by atoms with Crippen LogP contribution in [0.1, 0.15) is 37.0 Å². The first-order valence-electron chi connectivity index (χ1n) is 6.57. The van der Waals surface area contributed by atoms with Gasteiger partial charge in [0.1, 0.15) is 30.1 Å². The van der Waals surface area contributed by atoms with Crippen LogP contribution in [0.4, 0.5) is 4.39 Å². The molecule has 0 saturated heterocycles. The number of esters is 1. The molecule has 1 aromatic heterocycles. The first kappa shape index (κ1) is 13.6. The summed E-state index contributed by atoms with van der Waals surface area (Å²) in [5.41, 5.74) is 0.882. The van der Waals surface area contributed by atoms with Gasteiger partial charge in [0.2, 0.25) is 0 Å². The number of rotatable bonds is 1. The van der Waals surface area contributed by atoms with Crippen molar-refractivity contribution in [3.63, 3.8) is 0 Å². The molecular weight excluding hydrogens is 275 g/mol. The van der Waals surface area contributed by atoms with Crippen LogP contribution in [0.3, 0.4) is 0 Å². The number of fused-ring (bicyclic) bond motifs is 3. The maximum Gasteiger partial charge on any atom is 0.359 e. The molecule has 0 atom stereocenters. The first-order chi connectivity index (χ1) is 9.85.